The van der Waals surface area contributed by atoms with E-state index in [4.69, 9.17) is 14.2 Å². The third kappa shape index (κ3) is 5.25. The number of nitrogens with zero attached hydrogens (tertiary/aromatic N) is 1. The summed E-state index contributed by atoms with van der Waals surface area (Å²) in [6, 6.07) is 12.9. The van der Waals surface area contributed by atoms with Gasteiger partial charge in [-0.15, -0.1) is 11.3 Å². The maximum absolute atomic E-state index is 12.4. The van der Waals surface area contributed by atoms with E-state index in [1.54, 1.807) is 24.3 Å². The lowest BCUT2D eigenvalue weighted by Crippen LogP contribution is -2.20. The van der Waals surface area contributed by atoms with Crippen molar-refractivity contribution >= 4 is 34.0 Å². The van der Waals surface area contributed by atoms with Crippen LogP contribution in [0.15, 0.2) is 42.5 Å². The van der Waals surface area contributed by atoms with Crippen LogP contribution in [0.1, 0.15) is 29.0 Å². The second-order valence-electron chi connectivity index (χ2n) is 8.02. The topological polar surface area (TPSA) is 98.8 Å². The molecule has 2 amide bonds. The van der Waals surface area contributed by atoms with Gasteiger partial charge >= 0.3 is 0 Å². The van der Waals surface area contributed by atoms with Gasteiger partial charge in [0.25, 0.3) is 5.91 Å². The van der Waals surface area contributed by atoms with E-state index < -0.39 is 0 Å². The Balaban J connectivity index is 1.15. The second-order valence-corrected chi connectivity index (χ2v) is 9.10. The molecule has 2 N–H and O–H groups in total. The van der Waals surface area contributed by atoms with Crippen LogP contribution >= 0.6 is 11.3 Å². The van der Waals surface area contributed by atoms with Gasteiger partial charge in [-0.3, -0.25) is 14.9 Å². The number of nitrogens with one attached hydrogen (secondary N) is 2. The van der Waals surface area contributed by atoms with E-state index in [1.165, 1.54) is 11.3 Å². The molecule has 1 aliphatic carbocycles. The number of carbonyl (C=O) groups is 2. The van der Waals surface area contributed by atoms with Crippen LogP contribution in [0, 0.1) is 12.8 Å². The van der Waals surface area contributed by atoms with E-state index in [0.29, 0.717) is 23.0 Å². The number of benzene rings is 2. The highest BCUT2D eigenvalue weighted by atomic mass is 32.1. The molecule has 170 valence electrons. The molecular formula is C24H23N3O5S. The highest BCUT2D eigenvalue weighted by Crippen LogP contribution is 2.34. The lowest BCUT2D eigenvalue weighted by atomic mass is 10.1. The quantitative estimate of drug-likeness (QED) is 0.519. The summed E-state index contributed by atoms with van der Waals surface area (Å²) >= 11 is 1.44. The summed E-state index contributed by atoms with van der Waals surface area (Å²) in [5.41, 5.74) is 2.61. The summed E-state index contributed by atoms with van der Waals surface area (Å²) in [6.45, 7) is 2.01. The number of aryl methyl sites for hydroxylation is 1. The molecule has 0 saturated heterocycles. The van der Waals surface area contributed by atoms with Gasteiger partial charge in [0.1, 0.15) is 5.75 Å². The number of thiazole rings is 1. The van der Waals surface area contributed by atoms with E-state index in [1.807, 2.05) is 25.1 Å². The fraction of sp³-hybridized carbons (Fsp3) is 0.292. The first-order chi connectivity index (χ1) is 16.0. The van der Waals surface area contributed by atoms with E-state index in [2.05, 4.69) is 15.6 Å². The summed E-state index contributed by atoms with van der Waals surface area (Å²) in [6.07, 6.45) is 2.57. The molecule has 9 heteroatoms. The van der Waals surface area contributed by atoms with Crippen molar-refractivity contribution in [2.75, 3.05) is 24.0 Å². The standard InChI is InChI=1S/C24H23N3O5S/c1-14-21(10-15-5-8-19-20(9-15)32-13-31-19)33-24(25-14)27-22(28)12-30-18-4-2-3-17(11-18)26-23(29)16-6-7-16/h2-5,8-9,11,16H,6-7,10,12-13H2,1H3,(H,26,29)(H,25,27,28). The van der Waals surface area contributed by atoms with Crippen molar-refractivity contribution in [2.24, 2.45) is 5.92 Å². The Labute approximate surface area is 194 Å². The molecule has 1 aliphatic heterocycles. The Bertz CT molecular complexity index is 1200. The Morgan fingerprint density at radius 1 is 1.12 bits per heavy atom. The Morgan fingerprint density at radius 2 is 1.97 bits per heavy atom. The highest BCUT2D eigenvalue weighted by Gasteiger charge is 2.29. The smallest absolute Gasteiger partial charge is 0.264 e. The number of fused-ring (bicyclic) bond motifs is 1. The number of rotatable bonds is 8. The molecule has 1 fully saturated rings. The minimum Gasteiger partial charge on any atom is -0.484 e. The summed E-state index contributed by atoms with van der Waals surface area (Å²) in [5.74, 6) is 1.86. The number of ether oxygens (including phenoxy) is 3. The Kier molecular flexibility index (Phi) is 5.87. The summed E-state index contributed by atoms with van der Waals surface area (Å²) in [7, 11) is 0. The van der Waals surface area contributed by atoms with Crippen molar-refractivity contribution in [1.82, 2.24) is 4.98 Å². The van der Waals surface area contributed by atoms with E-state index in [9.17, 15) is 9.59 Å². The molecular weight excluding hydrogens is 442 g/mol. The van der Waals surface area contributed by atoms with Crippen molar-refractivity contribution in [2.45, 2.75) is 26.2 Å². The third-order valence-electron chi connectivity index (χ3n) is 5.36. The zero-order chi connectivity index (χ0) is 22.8. The molecule has 2 heterocycles. The largest absolute Gasteiger partial charge is 0.484 e. The average molecular weight is 466 g/mol. The van der Waals surface area contributed by atoms with Crippen LogP contribution in [0.4, 0.5) is 10.8 Å². The third-order valence-corrected chi connectivity index (χ3v) is 6.43. The van der Waals surface area contributed by atoms with Crippen LogP contribution < -0.4 is 24.8 Å². The van der Waals surface area contributed by atoms with Gasteiger partial charge in [-0.2, -0.15) is 0 Å². The summed E-state index contributed by atoms with van der Waals surface area (Å²) < 4.78 is 16.4. The van der Waals surface area contributed by atoms with Crippen LogP contribution in [-0.2, 0) is 16.0 Å². The molecule has 33 heavy (non-hydrogen) atoms. The van der Waals surface area contributed by atoms with Crippen LogP contribution in [0.5, 0.6) is 17.2 Å². The number of amides is 2. The molecule has 0 unspecified atom stereocenters. The number of hydrogen-bond donors (Lipinski definition) is 2. The number of carbonyl (C=O) groups excluding carboxylic acids is 2. The van der Waals surface area contributed by atoms with Gasteiger partial charge in [0.2, 0.25) is 12.7 Å². The number of aromatic nitrogens is 1. The van der Waals surface area contributed by atoms with Crippen molar-refractivity contribution < 1.29 is 23.8 Å². The molecule has 0 radical (unpaired) electrons. The molecule has 3 aromatic rings. The van der Waals surface area contributed by atoms with Gasteiger partial charge in [0.05, 0.1) is 5.69 Å². The number of hydrogen-bond acceptors (Lipinski definition) is 7. The van der Waals surface area contributed by atoms with Gasteiger partial charge in [0, 0.05) is 29.0 Å². The van der Waals surface area contributed by atoms with Gasteiger partial charge in [-0.1, -0.05) is 12.1 Å². The second kappa shape index (κ2) is 9.11. The van der Waals surface area contributed by atoms with E-state index in [0.717, 1.165) is 40.5 Å². The predicted octanol–water partition coefficient (Wildman–Crippen LogP) is 4.14. The van der Waals surface area contributed by atoms with E-state index >= 15 is 0 Å². The van der Waals surface area contributed by atoms with Crippen molar-refractivity contribution in [1.29, 1.82) is 0 Å². The molecule has 1 saturated carbocycles. The summed E-state index contributed by atoms with van der Waals surface area (Å²) in [5, 5.41) is 6.20. The summed E-state index contributed by atoms with van der Waals surface area (Å²) in [4.78, 5) is 29.8. The molecule has 0 atom stereocenters. The van der Waals surface area contributed by atoms with Crippen LogP contribution in [-0.4, -0.2) is 30.2 Å². The van der Waals surface area contributed by atoms with Crippen molar-refractivity contribution in [3.05, 3.63) is 58.6 Å². The molecule has 5 rings (SSSR count). The first-order valence-corrected chi connectivity index (χ1v) is 11.5. The van der Waals surface area contributed by atoms with Crippen molar-refractivity contribution in [3.63, 3.8) is 0 Å². The Hall–Kier alpha value is -3.59. The first kappa shape index (κ1) is 21.3. The lowest BCUT2D eigenvalue weighted by Gasteiger charge is -2.08. The van der Waals surface area contributed by atoms with Gasteiger partial charge in [-0.25, -0.2) is 4.98 Å². The zero-order valence-electron chi connectivity index (χ0n) is 18.1. The minimum atomic E-state index is -0.300. The maximum atomic E-state index is 12.4. The van der Waals surface area contributed by atoms with Gasteiger partial charge in [-0.05, 0) is 49.6 Å². The molecule has 0 bridgehead atoms. The Morgan fingerprint density at radius 3 is 2.82 bits per heavy atom. The molecule has 2 aromatic carbocycles. The molecule has 1 aromatic heterocycles. The maximum Gasteiger partial charge on any atom is 0.264 e. The minimum absolute atomic E-state index is 0.0283. The van der Waals surface area contributed by atoms with E-state index in [-0.39, 0.29) is 31.1 Å². The zero-order valence-corrected chi connectivity index (χ0v) is 18.9. The van der Waals surface area contributed by atoms with Crippen LogP contribution in [0.2, 0.25) is 0 Å². The van der Waals surface area contributed by atoms with Gasteiger partial charge in [0.15, 0.2) is 23.2 Å². The molecule has 8 nitrogen and oxygen atoms in total. The monoisotopic (exact) mass is 465 g/mol. The number of anilines is 2. The predicted molar refractivity (Wildman–Crippen MR) is 124 cm³/mol. The van der Waals surface area contributed by atoms with Gasteiger partial charge < -0.3 is 19.5 Å². The lowest BCUT2D eigenvalue weighted by molar-refractivity contribution is -0.118. The van der Waals surface area contributed by atoms with Crippen molar-refractivity contribution in [3.8, 4) is 17.2 Å². The normalized spacial score (nSPS) is 14.1. The fourth-order valence-electron chi connectivity index (χ4n) is 3.44. The first-order valence-electron chi connectivity index (χ1n) is 10.7. The van der Waals surface area contributed by atoms with Crippen LogP contribution in [0.3, 0.4) is 0 Å². The fourth-order valence-corrected chi connectivity index (χ4v) is 4.45. The molecule has 0 spiro atoms. The highest BCUT2D eigenvalue weighted by molar-refractivity contribution is 7.15. The SMILES string of the molecule is Cc1nc(NC(=O)COc2cccc(NC(=O)C3CC3)c2)sc1Cc1ccc2c(c1)OCO2. The average Bonchev–Trinajstić information content (AvgIpc) is 3.46. The molecule has 2 aliphatic rings. The van der Waals surface area contributed by atoms with Crippen LogP contribution in [0.25, 0.3) is 0 Å².